The average Bonchev–Trinajstić information content (AvgIpc) is 3.30. The van der Waals surface area contributed by atoms with Crippen LogP contribution >= 0.6 is 0 Å². The van der Waals surface area contributed by atoms with Gasteiger partial charge in [-0.3, -0.25) is 4.79 Å². The highest BCUT2D eigenvalue weighted by Gasteiger charge is 2.39. The smallest absolute Gasteiger partial charge is 0.274 e. The SMILES string of the molecule is COc1ccc(C)cc1-n1ccc(C(=O)N2CCOC3CCCC32)n1. The maximum absolute atomic E-state index is 13.0. The van der Waals surface area contributed by atoms with E-state index >= 15 is 0 Å². The number of benzene rings is 1. The lowest BCUT2D eigenvalue weighted by Crippen LogP contribution is -2.51. The van der Waals surface area contributed by atoms with Crippen molar-refractivity contribution < 1.29 is 14.3 Å². The van der Waals surface area contributed by atoms with Crippen LogP contribution in [0.2, 0.25) is 0 Å². The third-order valence-electron chi connectivity index (χ3n) is 5.13. The maximum Gasteiger partial charge on any atom is 0.274 e. The lowest BCUT2D eigenvalue weighted by atomic mass is 10.1. The van der Waals surface area contributed by atoms with Gasteiger partial charge in [0.2, 0.25) is 0 Å². The van der Waals surface area contributed by atoms with Gasteiger partial charge in [0.25, 0.3) is 5.91 Å². The molecule has 1 saturated carbocycles. The van der Waals surface area contributed by atoms with Gasteiger partial charge in [0.05, 0.1) is 25.9 Å². The Morgan fingerprint density at radius 3 is 3.04 bits per heavy atom. The Bertz CT molecular complexity index is 786. The summed E-state index contributed by atoms with van der Waals surface area (Å²) in [5.41, 5.74) is 2.42. The summed E-state index contributed by atoms with van der Waals surface area (Å²) in [6.07, 6.45) is 5.19. The fourth-order valence-electron chi connectivity index (χ4n) is 3.88. The molecule has 0 N–H and O–H groups in total. The number of methoxy groups -OCH3 is 1. The molecule has 25 heavy (non-hydrogen) atoms. The molecule has 1 amide bonds. The standard InChI is InChI=1S/C19H23N3O3/c1-13-6-7-17(24-2)16(12-13)22-9-8-14(20-22)19(23)21-10-11-25-18-5-3-4-15(18)21/h6-9,12,15,18H,3-5,10-11H2,1-2H3. The van der Waals surface area contributed by atoms with Gasteiger partial charge in [-0.25, -0.2) is 4.68 Å². The van der Waals surface area contributed by atoms with Crippen molar-refractivity contribution in [3.63, 3.8) is 0 Å². The second kappa shape index (κ2) is 6.52. The van der Waals surface area contributed by atoms with Crippen molar-refractivity contribution in [1.82, 2.24) is 14.7 Å². The first-order chi connectivity index (χ1) is 12.2. The average molecular weight is 341 g/mol. The molecule has 1 aromatic heterocycles. The van der Waals surface area contributed by atoms with Gasteiger partial charge >= 0.3 is 0 Å². The Hall–Kier alpha value is -2.34. The largest absolute Gasteiger partial charge is 0.494 e. The molecule has 2 aliphatic rings. The van der Waals surface area contributed by atoms with Gasteiger partial charge in [-0.2, -0.15) is 5.10 Å². The number of fused-ring (bicyclic) bond motifs is 1. The maximum atomic E-state index is 13.0. The van der Waals surface area contributed by atoms with Crippen LogP contribution in [0.15, 0.2) is 30.5 Å². The van der Waals surface area contributed by atoms with E-state index in [4.69, 9.17) is 9.47 Å². The van der Waals surface area contributed by atoms with Crippen molar-refractivity contribution in [3.8, 4) is 11.4 Å². The normalized spacial score (nSPS) is 22.7. The number of carbonyl (C=O) groups is 1. The van der Waals surface area contributed by atoms with Crippen LogP contribution in [0, 0.1) is 6.92 Å². The summed E-state index contributed by atoms with van der Waals surface area (Å²) in [6, 6.07) is 7.88. The highest BCUT2D eigenvalue weighted by Crippen LogP contribution is 2.30. The van der Waals surface area contributed by atoms with Crippen molar-refractivity contribution in [1.29, 1.82) is 0 Å². The summed E-state index contributed by atoms with van der Waals surface area (Å²) in [7, 11) is 1.64. The Labute approximate surface area is 147 Å². The van der Waals surface area contributed by atoms with Crippen molar-refractivity contribution in [3.05, 3.63) is 41.7 Å². The Morgan fingerprint density at radius 1 is 1.32 bits per heavy atom. The summed E-state index contributed by atoms with van der Waals surface area (Å²) in [6.45, 7) is 3.27. The van der Waals surface area contributed by atoms with E-state index in [1.165, 1.54) is 0 Å². The van der Waals surface area contributed by atoms with Crippen molar-refractivity contribution in [2.75, 3.05) is 20.3 Å². The molecule has 4 rings (SSSR count). The molecule has 0 bridgehead atoms. The van der Waals surface area contributed by atoms with E-state index in [9.17, 15) is 4.79 Å². The quantitative estimate of drug-likeness (QED) is 0.861. The Kier molecular flexibility index (Phi) is 4.21. The van der Waals surface area contributed by atoms with E-state index in [-0.39, 0.29) is 18.1 Å². The molecule has 1 aliphatic carbocycles. The van der Waals surface area contributed by atoms with E-state index in [1.54, 1.807) is 17.9 Å². The van der Waals surface area contributed by atoms with Crippen LogP contribution in [0.4, 0.5) is 0 Å². The van der Waals surface area contributed by atoms with Crippen molar-refractivity contribution >= 4 is 5.91 Å². The van der Waals surface area contributed by atoms with Gasteiger partial charge in [-0.05, 0) is 49.9 Å². The number of amides is 1. The number of hydrogen-bond donors (Lipinski definition) is 0. The second-order valence-electron chi connectivity index (χ2n) is 6.73. The fraction of sp³-hybridized carbons (Fsp3) is 0.474. The zero-order valence-electron chi connectivity index (χ0n) is 14.6. The summed E-state index contributed by atoms with van der Waals surface area (Å²) in [5.74, 6) is 0.723. The van der Waals surface area contributed by atoms with Gasteiger partial charge < -0.3 is 14.4 Å². The van der Waals surface area contributed by atoms with Crippen LogP contribution in [0.3, 0.4) is 0 Å². The number of morpholine rings is 1. The Morgan fingerprint density at radius 2 is 2.20 bits per heavy atom. The summed E-state index contributed by atoms with van der Waals surface area (Å²) >= 11 is 0. The van der Waals surface area contributed by atoms with Crippen LogP contribution < -0.4 is 4.74 Å². The van der Waals surface area contributed by atoms with Crippen molar-refractivity contribution in [2.45, 2.75) is 38.3 Å². The predicted octanol–water partition coefficient (Wildman–Crippen LogP) is 2.58. The number of nitrogens with zero attached hydrogens (tertiary/aromatic N) is 3. The first kappa shape index (κ1) is 16.1. The lowest BCUT2D eigenvalue weighted by molar-refractivity contribution is -0.0447. The van der Waals surface area contributed by atoms with Gasteiger partial charge in [0, 0.05) is 12.7 Å². The predicted molar refractivity (Wildman–Crippen MR) is 93.3 cm³/mol. The number of hydrogen-bond acceptors (Lipinski definition) is 4. The van der Waals surface area contributed by atoms with E-state index < -0.39 is 0 Å². The third kappa shape index (κ3) is 2.91. The number of rotatable bonds is 3. The van der Waals surface area contributed by atoms with Gasteiger partial charge in [0.15, 0.2) is 5.69 Å². The molecule has 2 unspecified atom stereocenters. The molecule has 1 aliphatic heterocycles. The summed E-state index contributed by atoms with van der Waals surface area (Å²) < 4.78 is 12.9. The molecule has 6 nitrogen and oxygen atoms in total. The van der Waals surface area contributed by atoms with E-state index in [0.29, 0.717) is 18.8 Å². The molecule has 2 atom stereocenters. The van der Waals surface area contributed by atoms with Gasteiger partial charge in [0.1, 0.15) is 11.4 Å². The Balaban J connectivity index is 1.61. The number of aryl methyl sites for hydroxylation is 1. The minimum Gasteiger partial charge on any atom is -0.494 e. The molecule has 0 spiro atoms. The second-order valence-corrected chi connectivity index (χ2v) is 6.73. The van der Waals surface area contributed by atoms with Crippen LogP contribution in [0.5, 0.6) is 5.75 Å². The number of carbonyl (C=O) groups excluding carboxylic acids is 1. The highest BCUT2D eigenvalue weighted by molar-refractivity contribution is 5.92. The van der Waals surface area contributed by atoms with E-state index in [1.807, 2.05) is 36.2 Å². The molecule has 2 aromatic rings. The van der Waals surface area contributed by atoms with Crippen LogP contribution in [-0.4, -0.2) is 53.0 Å². The zero-order chi connectivity index (χ0) is 17.4. The molecular formula is C19H23N3O3. The lowest BCUT2D eigenvalue weighted by Gasteiger charge is -2.37. The number of ether oxygens (including phenoxy) is 2. The van der Waals surface area contributed by atoms with Gasteiger partial charge in [-0.15, -0.1) is 0 Å². The molecule has 2 heterocycles. The van der Waals surface area contributed by atoms with Gasteiger partial charge in [-0.1, -0.05) is 6.07 Å². The topological polar surface area (TPSA) is 56.6 Å². The molecule has 132 valence electrons. The van der Waals surface area contributed by atoms with Crippen molar-refractivity contribution in [2.24, 2.45) is 0 Å². The van der Waals surface area contributed by atoms with E-state index in [0.717, 1.165) is 36.3 Å². The van der Waals surface area contributed by atoms with Crippen LogP contribution in [0.25, 0.3) is 5.69 Å². The molecule has 1 aromatic carbocycles. The first-order valence-corrected chi connectivity index (χ1v) is 8.80. The minimum atomic E-state index is -0.00873. The number of aromatic nitrogens is 2. The monoisotopic (exact) mass is 341 g/mol. The van der Waals surface area contributed by atoms with E-state index in [2.05, 4.69) is 5.10 Å². The highest BCUT2D eigenvalue weighted by atomic mass is 16.5. The van der Waals surface area contributed by atoms with Crippen LogP contribution in [-0.2, 0) is 4.74 Å². The third-order valence-corrected chi connectivity index (χ3v) is 5.13. The summed E-state index contributed by atoms with van der Waals surface area (Å²) in [4.78, 5) is 14.9. The fourth-order valence-corrected chi connectivity index (χ4v) is 3.88. The summed E-state index contributed by atoms with van der Waals surface area (Å²) in [5, 5.41) is 4.52. The molecule has 1 saturated heterocycles. The molecule has 2 fully saturated rings. The zero-order valence-corrected chi connectivity index (χ0v) is 14.6. The van der Waals surface area contributed by atoms with Crippen LogP contribution in [0.1, 0.15) is 35.3 Å². The molecule has 6 heteroatoms. The molecule has 0 radical (unpaired) electrons. The minimum absolute atomic E-state index is 0.00873. The molecular weight excluding hydrogens is 318 g/mol. The first-order valence-electron chi connectivity index (χ1n) is 8.80.